The van der Waals surface area contributed by atoms with Gasteiger partial charge in [-0.05, 0) is 12.8 Å². The number of halogens is 2. The van der Waals surface area contributed by atoms with Crippen molar-refractivity contribution in [2.45, 2.75) is 31.2 Å². The second-order valence-electron chi connectivity index (χ2n) is 5.23. The molecule has 7 nitrogen and oxygen atoms in total. The maximum absolute atomic E-state index is 5.82. The number of aryl methyl sites for hydroxylation is 1. The van der Waals surface area contributed by atoms with Gasteiger partial charge in [-0.25, -0.2) is 15.0 Å². The van der Waals surface area contributed by atoms with E-state index in [2.05, 4.69) is 25.4 Å². The van der Waals surface area contributed by atoms with Crippen LogP contribution in [0.5, 0.6) is 0 Å². The lowest BCUT2D eigenvalue weighted by Gasteiger charge is -2.31. The zero-order valence-corrected chi connectivity index (χ0v) is 14.0. The van der Waals surface area contributed by atoms with Gasteiger partial charge in [-0.2, -0.15) is 5.10 Å². The summed E-state index contributed by atoms with van der Waals surface area (Å²) in [6.45, 7) is 0.771. The van der Waals surface area contributed by atoms with Crippen LogP contribution in [-0.4, -0.2) is 37.3 Å². The Balaban J connectivity index is 0.00000121. The highest BCUT2D eigenvalue weighted by Gasteiger charge is 2.28. The first-order valence-corrected chi connectivity index (χ1v) is 6.86. The van der Waals surface area contributed by atoms with Crippen LogP contribution < -0.4 is 11.1 Å². The van der Waals surface area contributed by atoms with E-state index in [0.717, 1.165) is 43.1 Å². The summed E-state index contributed by atoms with van der Waals surface area (Å²) in [5.41, 5.74) is 6.90. The molecule has 2 aromatic heterocycles. The number of nitrogens with two attached hydrogens (primary N) is 1. The first-order chi connectivity index (χ1) is 9.72. The second-order valence-corrected chi connectivity index (χ2v) is 5.23. The lowest BCUT2D eigenvalue weighted by molar-refractivity contribution is 0.345. The van der Waals surface area contributed by atoms with Crippen LogP contribution in [0, 0.1) is 0 Å². The van der Waals surface area contributed by atoms with Crippen molar-refractivity contribution in [3.63, 3.8) is 0 Å². The molecule has 122 valence electrons. The predicted octanol–water partition coefficient (Wildman–Crippen LogP) is 1.31. The minimum atomic E-state index is 0. The van der Waals surface area contributed by atoms with Crippen LogP contribution in [0.4, 0.5) is 5.82 Å². The molecule has 0 bridgehead atoms. The topological polar surface area (TPSA) is 94.5 Å². The van der Waals surface area contributed by atoms with E-state index in [9.17, 15) is 0 Å². The summed E-state index contributed by atoms with van der Waals surface area (Å²) in [5.74, 6) is 2.31. The van der Waals surface area contributed by atoms with Crippen LogP contribution in [0.15, 0.2) is 18.7 Å². The summed E-state index contributed by atoms with van der Waals surface area (Å²) < 4.78 is 1.78. The average molecular weight is 346 g/mol. The third-order valence-corrected chi connectivity index (χ3v) is 3.74. The molecule has 2 aromatic rings. The molecule has 0 saturated heterocycles. The molecule has 0 unspecified atom stereocenters. The molecular weight excluding hydrogens is 325 g/mol. The Labute approximate surface area is 141 Å². The Hall–Kier alpha value is -1.44. The SMILES string of the molecule is Cl.Cl.Cn1ncnc1CCNc1cc(C2CC(N)C2)ncn1. The molecule has 0 atom stereocenters. The predicted molar refractivity (Wildman–Crippen MR) is 89.7 cm³/mol. The van der Waals surface area contributed by atoms with Gasteiger partial charge in [0.05, 0.1) is 0 Å². The highest BCUT2D eigenvalue weighted by molar-refractivity contribution is 5.85. The van der Waals surface area contributed by atoms with Crippen LogP contribution in [0.2, 0.25) is 0 Å². The van der Waals surface area contributed by atoms with Crippen molar-refractivity contribution in [3.8, 4) is 0 Å². The van der Waals surface area contributed by atoms with Crippen molar-refractivity contribution in [1.82, 2.24) is 24.7 Å². The summed E-state index contributed by atoms with van der Waals surface area (Å²) in [5, 5.41) is 7.35. The largest absolute Gasteiger partial charge is 0.370 e. The van der Waals surface area contributed by atoms with Gasteiger partial charge in [0.2, 0.25) is 0 Å². The van der Waals surface area contributed by atoms with Gasteiger partial charge in [-0.1, -0.05) is 0 Å². The van der Waals surface area contributed by atoms with Crippen LogP contribution in [0.1, 0.15) is 30.3 Å². The molecule has 1 aliphatic carbocycles. The lowest BCUT2D eigenvalue weighted by atomic mass is 9.79. The summed E-state index contributed by atoms with van der Waals surface area (Å²) >= 11 is 0. The van der Waals surface area contributed by atoms with Crippen LogP contribution >= 0.6 is 24.8 Å². The number of hydrogen-bond donors (Lipinski definition) is 2. The smallest absolute Gasteiger partial charge is 0.138 e. The van der Waals surface area contributed by atoms with E-state index in [0.29, 0.717) is 12.0 Å². The Morgan fingerprint density at radius 1 is 1.23 bits per heavy atom. The quantitative estimate of drug-likeness (QED) is 0.848. The van der Waals surface area contributed by atoms with Crippen LogP contribution in [0.3, 0.4) is 0 Å². The number of rotatable bonds is 5. The molecule has 3 N–H and O–H groups in total. The van der Waals surface area contributed by atoms with Gasteiger partial charge in [0, 0.05) is 43.7 Å². The van der Waals surface area contributed by atoms with Gasteiger partial charge in [0.1, 0.15) is 24.3 Å². The van der Waals surface area contributed by atoms with Crippen molar-refractivity contribution in [3.05, 3.63) is 30.2 Å². The zero-order chi connectivity index (χ0) is 13.9. The summed E-state index contributed by atoms with van der Waals surface area (Å²) in [6, 6.07) is 2.36. The monoisotopic (exact) mass is 345 g/mol. The normalized spacial score (nSPS) is 19.5. The Bertz CT molecular complexity index is 583. The number of nitrogens with one attached hydrogen (secondary N) is 1. The molecule has 1 saturated carbocycles. The Morgan fingerprint density at radius 2 is 2.00 bits per heavy atom. The van der Waals surface area contributed by atoms with Gasteiger partial charge in [-0.15, -0.1) is 24.8 Å². The molecule has 0 spiro atoms. The summed E-state index contributed by atoms with van der Waals surface area (Å²) in [7, 11) is 1.89. The molecule has 0 amide bonds. The molecular formula is C13H21Cl2N7. The first-order valence-electron chi connectivity index (χ1n) is 6.86. The van der Waals surface area contributed by atoms with Crippen molar-refractivity contribution >= 4 is 30.6 Å². The molecule has 22 heavy (non-hydrogen) atoms. The molecule has 1 aliphatic rings. The van der Waals surface area contributed by atoms with Crippen LogP contribution in [-0.2, 0) is 13.5 Å². The van der Waals surface area contributed by atoms with E-state index < -0.39 is 0 Å². The van der Waals surface area contributed by atoms with Gasteiger partial charge >= 0.3 is 0 Å². The molecule has 0 aliphatic heterocycles. The number of hydrogen-bond acceptors (Lipinski definition) is 6. The highest BCUT2D eigenvalue weighted by atomic mass is 35.5. The van der Waals surface area contributed by atoms with Gasteiger partial charge in [0.15, 0.2) is 0 Å². The van der Waals surface area contributed by atoms with Crippen molar-refractivity contribution in [2.75, 3.05) is 11.9 Å². The Kier molecular flexibility index (Phi) is 6.99. The van der Waals surface area contributed by atoms with E-state index >= 15 is 0 Å². The fourth-order valence-corrected chi connectivity index (χ4v) is 2.44. The summed E-state index contributed by atoms with van der Waals surface area (Å²) in [6.07, 6.45) is 6.04. The maximum atomic E-state index is 5.82. The molecule has 0 radical (unpaired) electrons. The molecule has 9 heteroatoms. The molecule has 1 fully saturated rings. The summed E-state index contributed by atoms with van der Waals surface area (Å²) in [4.78, 5) is 12.8. The molecule has 3 rings (SSSR count). The van der Waals surface area contributed by atoms with Gasteiger partial charge in [-0.3, -0.25) is 4.68 Å². The highest BCUT2D eigenvalue weighted by Crippen LogP contribution is 2.34. The standard InChI is InChI=1S/C13H19N7.2ClH/c1-20-13(18-8-19-20)2-3-15-12-6-11(16-7-17-12)9-4-10(14)5-9;;/h6-10H,2-5,14H2,1H3,(H,15,16,17);2*1H. The lowest BCUT2D eigenvalue weighted by Crippen LogP contribution is -2.35. The van der Waals surface area contributed by atoms with E-state index in [1.807, 2.05) is 13.1 Å². The minimum Gasteiger partial charge on any atom is -0.370 e. The second kappa shape index (κ2) is 8.26. The van der Waals surface area contributed by atoms with Crippen molar-refractivity contribution in [2.24, 2.45) is 12.8 Å². The maximum Gasteiger partial charge on any atom is 0.138 e. The third kappa shape index (κ3) is 4.28. The fraction of sp³-hybridized carbons (Fsp3) is 0.538. The number of nitrogens with zero attached hydrogens (tertiary/aromatic N) is 5. The third-order valence-electron chi connectivity index (χ3n) is 3.74. The van der Waals surface area contributed by atoms with E-state index in [1.54, 1.807) is 17.3 Å². The number of anilines is 1. The first kappa shape index (κ1) is 18.6. The molecule has 0 aromatic carbocycles. The Morgan fingerprint density at radius 3 is 2.64 bits per heavy atom. The number of aromatic nitrogens is 5. The minimum absolute atomic E-state index is 0. The molecule has 2 heterocycles. The van der Waals surface area contributed by atoms with Gasteiger partial charge in [0.25, 0.3) is 0 Å². The van der Waals surface area contributed by atoms with Crippen LogP contribution in [0.25, 0.3) is 0 Å². The zero-order valence-electron chi connectivity index (χ0n) is 12.3. The van der Waals surface area contributed by atoms with E-state index in [4.69, 9.17) is 5.73 Å². The van der Waals surface area contributed by atoms with Gasteiger partial charge < -0.3 is 11.1 Å². The fourth-order valence-electron chi connectivity index (χ4n) is 2.44. The van der Waals surface area contributed by atoms with E-state index in [-0.39, 0.29) is 24.8 Å². The van der Waals surface area contributed by atoms with Crippen molar-refractivity contribution in [1.29, 1.82) is 0 Å². The average Bonchev–Trinajstić information content (AvgIpc) is 2.81. The van der Waals surface area contributed by atoms with E-state index in [1.165, 1.54) is 0 Å². The van der Waals surface area contributed by atoms with Crippen molar-refractivity contribution < 1.29 is 0 Å².